The summed E-state index contributed by atoms with van der Waals surface area (Å²) in [5, 5.41) is 8.78. The van der Waals surface area contributed by atoms with Crippen LogP contribution in [0.4, 0.5) is 0 Å². The maximum Gasteiger partial charge on any atom is 0.303 e. The van der Waals surface area contributed by atoms with Gasteiger partial charge in [0.25, 0.3) is 0 Å². The van der Waals surface area contributed by atoms with E-state index in [1.807, 2.05) is 6.07 Å². The molecule has 0 spiro atoms. The molecule has 114 valence electrons. The number of benzene rings is 2. The molecular formula is C19H21NO2. The first-order valence-electron chi connectivity index (χ1n) is 7.79. The lowest BCUT2D eigenvalue weighted by atomic mass is 9.95. The molecule has 0 saturated carbocycles. The fourth-order valence-electron chi connectivity index (χ4n) is 3.05. The molecule has 0 amide bonds. The average molecular weight is 295 g/mol. The molecule has 0 bridgehead atoms. The Morgan fingerprint density at radius 3 is 2.64 bits per heavy atom. The van der Waals surface area contributed by atoms with Crippen LogP contribution in [0.2, 0.25) is 0 Å². The predicted molar refractivity (Wildman–Crippen MR) is 86.7 cm³/mol. The third kappa shape index (κ3) is 3.74. The van der Waals surface area contributed by atoms with Crippen molar-refractivity contribution in [3.8, 4) is 0 Å². The number of fused-ring (bicyclic) bond motifs is 1. The lowest BCUT2D eigenvalue weighted by molar-refractivity contribution is -0.136. The first-order valence-corrected chi connectivity index (χ1v) is 7.79. The van der Waals surface area contributed by atoms with Gasteiger partial charge in [-0.15, -0.1) is 0 Å². The van der Waals surface area contributed by atoms with E-state index in [2.05, 4.69) is 47.4 Å². The van der Waals surface area contributed by atoms with Gasteiger partial charge in [-0.3, -0.25) is 9.69 Å². The second-order valence-electron chi connectivity index (χ2n) is 5.94. The molecule has 22 heavy (non-hydrogen) atoms. The van der Waals surface area contributed by atoms with Crippen molar-refractivity contribution in [1.29, 1.82) is 0 Å². The first kappa shape index (κ1) is 14.8. The fourth-order valence-corrected chi connectivity index (χ4v) is 3.05. The van der Waals surface area contributed by atoms with Gasteiger partial charge in [0, 0.05) is 26.1 Å². The minimum Gasteiger partial charge on any atom is -0.481 e. The van der Waals surface area contributed by atoms with Crippen molar-refractivity contribution in [2.45, 2.75) is 32.4 Å². The van der Waals surface area contributed by atoms with Crippen molar-refractivity contribution in [2.75, 3.05) is 6.54 Å². The molecule has 1 heterocycles. The number of rotatable bonds is 5. The first-order chi connectivity index (χ1) is 10.7. The van der Waals surface area contributed by atoms with Gasteiger partial charge in [0.05, 0.1) is 0 Å². The summed E-state index contributed by atoms with van der Waals surface area (Å²) in [5.74, 6) is -0.730. The summed E-state index contributed by atoms with van der Waals surface area (Å²) in [7, 11) is 0. The highest BCUT2D eigenvalue weighted by Gasteiger charge is 2.16. The topological polar surface area (TPSA) is 40.5 Å². The van der Waals surface area contributed by atoms with Gasteiger partial charge < -0.3 is 5.11 Å². The van der Waals surface area contributed by atoms with Crippen LogP contribution in [0.15, 0.2) is 48.5 Å². The monoisotopic (exact) mass is 295 g/mol. The molecule has 0 aromatic heterocycles. The second kappa shape index (κ2) is 6.75. The molecule has 2 aromatic carbocycles. The summed E-state index contributed by atoms with van der Waals surface area (Å²) in [5.41, 5.74) is 5.25. The van der Waals surface area contributed by atoms with E-state index in [-0.39, 0.29) is 6.42 Å². The molecule has 3 nitrogen and oxygen atoms in total. The van der Waals surface area contributed by atoms with E-state index in [9.17, 15) is 4.79 Å². The number of carboxylic acids is 1. The molecule has 0 radical (unpaired) electrons. The summed E-state index contributed by atoms with van der Waals surface area (Å²) >= 11 is 0. The van der Waals surface area contributed by atoms with Crippen molar-refractivity contribution >= 4 is 5.97 Å². The average Bonchev–Trinajstić information content (AvgIpc) is 2.54. The summed E-state index contributed by atoms with van der Waals surface area (Å²) < 4.78 is 0. The number of aryl methyl sites for hydroxylation is 1. The van der Waals surface area contributed by atoms with Crippen molar-refractivity contribution in [1.82, 2.24) is 4.90 Å². The second-order valence-corrected chi connectivity index (χ2v) is 5.94. The largest absolute Gasteiger partial charge is 0.481 e. The Bertz CT molecular complexity index is 652. The molecule has 0 unspecified atom stereocenters. The van der Waals surface area contributed by atoms with Crippen LogP contribution in [0.1, 0.15) is 28.7 Å². The van der Waals surface area contributed by atoms with E-state index in [1.54, 1.807) is 0 Å². The lowest BCUT2D eigenvalue weighted by Gasteiger charge is -2.29. The van der Waals surface area contributed by atoms with Crippen LogP contribution in [0.5, 0.6) is 0 Å². The number of carboxylic acid groups (broad SMARTS) is 1. The smallest absolute Gasteiger partial charge is 0.303 e. The van der Waals surface area contributed by atoms with Gasteiger partial charge in [0.1, 0.15) is 0 Å². The van der Waals surface area contributed by atoms with Gasteiger partial charge in [0.15, 0.2) is 0 Å². The lowest BCUT2D eigenvalue weighted by Crippen LogP contribution is -2.30. The number of aliphatic carboxylic acids is 1. The van der Waals surface area contributed by atoms with E-state index in [0.29, 0.717) is 6.42 Å². The molecule has 0 fully saturated rings. The van der Waals surface area contributed by atoms with E-state index in [4.69, 9.17) is 5.11 Å². The van der Waals surface area contributed by atoms with Gasteiger partial charge in [-0.25, -0.2) is 0 Å². The highest BCUT2D eigenvalue weighted by atomic mass is 16.4. The highest BCUT2D eigenvalue weighted by molar-refractivity contribution is 5.67. The Labute approximate surface area is 131 Å². The van der Waals surface area contributed by atoms with Crippen molar-refractivity contribution in [3.05, 3.63) is 70.8 Å². The van der Waals surface area contributed by atoms with Crippen molar-refractivity contribution in [2.24, 2.45) is 0 Å². The SMILES string of the molecule is O=C(O)CCc1ccc2c(c1)CCN(Cc1ccccc1)C2. The Kier molecular flexibility index (Phi) is 4.54. The standard InChI is InChI=1S/C19H21NO2/c21-19(22)9-7-15-6-8-18-14-20(11-10-17(18)12-15)13-16-4-2-1-3-5-16/h1-6,8,12H,7,9-11,13-14H2,(H,21,22). The van der Waals surface area contributed by atoms with Crippen LogP contribution in [-0.4, -0.2) is 22.5 Å². The van der Waals surface area contributed by atoms with E-state index >= 15 is 0 Å². The third-order valence-electron chi connectivity index (χ3n) is 4.24. The number of nitrogens with zero attached hydrogens (tertiary/aromatic N) is 1. The zero-order valence-electron chi connectivity index (χ0n) is 12.7. The molecule has 3 rings (SSSR count). The Balaban J connectivity index is 1.65. The minimum atomic E-state index is -0.730. The maximum absolute atomic E-state index is 10.7. The van der Waals surface area contributed by atoms with Gasteiger partial charge in [-0.05, 0) is 35.1 Å². The molecular weight excluding hydrogens is 274 g/mol. The molecule has 1 aliphatic heterocycles. The molecule has 0 atom stereocenters. The van der Waals surface area contributed by atoms with E-state index in [0.717, 1.165) is 31.6 Å². The quantitative estimate of drug-likeness (QED) is 0.920. The number of hydrogen-bond acceptors (Lipinski definition) is 2. The van der Waals surface area contributed by atoms with Crippen LogP contribution >= 0.6 is 0 Å². The number of carbonyl (C=O) groups is 1. The molecule has 3 heteroatoms. The molecule has 0 saturated heterocycles. The third-order valence-corrected chi connectivity index (χ3v) is 4.24. The van der Waals surface area contributed by atoms with Crippen molar-refractivity contribution in [3.63, 3.8) is 0 Å². The van der Waals surface area contributed by atoms with E-state index in [1.165, 1.54) is 16.7 Å². The van der Waals surface area contributed by atoms with Crippen molar-refractivity contribution < 1.29 is 9.90 Å². The summed E-state index contributed by atoms with van der Waals surface area (Å²) in [6.45, 7) is 3.02. The van der Waals surface area contributed by atoms with Gasteiger partial charge in [-0.2, -0.15) is 0 Å². The maximum atomic E-state index is 10.7. The van der Waals surface area contributed by atoms with Gasteiger partial charge in [-0.1, -0.05) is 48.5 Å². The Morgan fingerprint density at radius 2 is 1.86 bits per heavy atom. The molecule has 0 aliphatic carbocycles. The number of hydrogen-bond donors (Lipinski definition) is 1. The summed E-state index contributed by atoms with van der Waals surface area (Å²) in [4.78, 5) is 13.1. The molecule has 2 aromatic rings. The van der Waals surface area contributed by atoms with Crippen LogP contribution in [0, 0.1) is 0 Å². The molecule has 1 N–H and O–H groups in total. The predicted octanol–water partition coefficient (Wildman–Crippen LogP) is 3.26. The van der Waals surface area contributed by atoms with Crippen LogP contribution in [0.3, 0.4) is 0 Å². The highest BCUT2D eigenvalue weighted by Crippen LogP contribution is 2.22. The van der Waals surface area contributed by atoms with Crippen LogP contribution < -0.4 is 0 Å². The minimum absolute atomic E-state index is 0.207. The van der Waals surface area contributed by atoms with Gasteiger partial charge in [0.2, 0.25) is 0 Å². The summed E-state index contributed by atoms with van der Waals surface area (Å²) in [6, 6.07) is 17.0. The zero-order valence-corrected chi connectivity index (χ0v) is 12.7. The Hall–Kier alpha value is -2.13. The Morgan fingerprint density at radius 1 is 1.05 bits per heavy atom. The molecule has 1 aliphatic rings. The summed E-state index contributed by atoms with van der Waals surface area (Å²) in [6.07, 6.45) is 1.87. The fraction of sp³-hybridized carbons (Fsp3) is 0.316. The van der Waals surface area contributed by atoms with Crippen LogP contribution in [0.25, 0.3) is 0 Å². The van der Waals surface area contributed by atoms with Gasteiger partial charge >= 0.3 is 5.97 Å². The van der Waals surface area contributed by atoms with Crippen LogP contribution in [-0.2, 0) is 30.7 Å². The zero-order chi connectivity index (χ0) is 15.4. The normalized spacial score (nSPS) is 14.5. The van der Waals surface area contributed by atoms with E-state index < -0.39 is 5.97 Å².